The molecule has 15 heavy (non-hydrogen) atoms. The predicted molar refractivity (Wildman–Crippen MR) is 57.4 cm³/mol. The lowest BCUT2D eigenvalue weighted by atomic mass is 10.3. The zero-order chi connectivity index (χ0) is 11.8. The molecule has 1 N–H and O–H groups in total. The van der Waals surface area contributed by atoms with E-state index in [2.05, 4.69) is 10.1 Å². The van der Waals surface area contributed by atoms with Crippen molar-refractivity contribution in [1.82, 2.24) is 10.2 Å². The third-order valence-electron chi connectivity index (χ3n) is 1.79. The minimum atomic E-state index is -0.258. The Balaban J connectivity index is 3.68. The minimum absolute atomic E-state index is 0.0302. The maximum absolute atomic E-state index is 11.3. The molecular formula is C10H20N2O3. The minimum Gasteiger partial charge on any atom is -0.469 e. The van der Waals surface area contributed by atoms with Crippen LogP contribution in [0, 0.1) is 0 Å². The lowest BCUT2D eigenvalue weighted by Gasteiger charge is -2.16. The zero-order valence-corrected chi connectivity index (χ0v) is 9.87. The van der Waals surface area contributed by atoms with E-state index in [4.69, 9.17) is 0 Å². The van der Waals surface area contributed by atoms with E-state index < -0.39 is 0 Å². The topological polar surface area (TPSA) is 58.6 Å². The summed E-state index contributed by atoms with van der Waals surface area (Å²) in [5, 5.41) is 2.78. The third-order valence-corrected chi connectivity index (χ3v) is 1.79. The van der Waals surface area contributed by atoms with Gasteiger partial charge in [0.1, 0.15) is 0 Å². The lowest BCUT2D eigenvalue weighted by molar-refractivity contribution is -0.141. The molecule has 0 rings (SSSR count). The largest absolute Gasteiger partial charge is 0.469 e. The lowest BCUT2D eigenvalue weighted by Crippen LogP contribution is -2.39. The van der Waals surface area contributed by atoms with Crippen molar-refractivity contribution in [1.29, 1.82) is 0 Å². The first-order chi connectivity index (χ1) is 6.95. The summed E-state index contributed by atoms with van der Waals surface area (Å²) < 4.78 is 4.50. The quantitative estimate of drug-likeness (QED) is 0.635. The van der Waals surface area contributed by atoms with Gasteiger partial charge in [0.25, 0.3) is 0 Å². The fraction of sp³-hybridized carbons (Fsp3) is 0.800. The number of rotatable bonds is 6. The summed E-state index contributed by atoms with van der Waals surface area (Å²) in [5.41, 5.74) is 0. The highest BCUT2D eigenvalue weighted by atomic mass is 16.5. The average Bonchev–Trinajstić information content (AvgIpc) is 2.12. The Morgan fingerprint density at radius 3 is 2.47 bits per heavy atom. The van der Waals surface area contributed by atoms with E-state index in [-0.39, 0.29) is 17.9 Å². The molecule has 0 aromatic carbocycles. The van der Waals surface area contributed by atoms with Crippen molar-refractivity contribution in [3.63, 3.8) is 0 Å². The number of amides is 1. The molecule has 0 saturated carbocycles. The molecule has 5 heteroatoms. The third kappa shape index (κ3) is 7.93. The molecule has 0 aromatic rings. The molecule has 0 unspecified atom stereocenters. The number of hydrogen-bond acceptors (Lipinski definition) is 4. The van der Waals surface area contributed by atoms with Gasteiger partial charge >= 0.3 is 5.97 Å². The van der Waals surface area contributed by atoms with Gasteiger partial charge in [-0.05, 0) is 20.9 Å². The summed E-state index contributed by atoms with van der Waals surface area (Å²) in [5.74, 6) is -0.288. The average molecular weight is 216 g/mol. The van der Waals surface area contributed by atoms with Crippen molar-refractivity contribution in [2.24, 2.45) is 0 Å². The monoisotopic (exact) mass is 216 g/mol. The zero-order valence-electron chi connectivity index (χ0n) is 9.87. The van der Waals surface area contributed by atoms with Gasteiger partial charge in [0.2, 0.25) is 5.91 Å². The van der Waals surface area contributed by atoms with E-state index in [9.17, 15) is 9.59 Å². The van der Waals surface area contributed by atoms with Gasteiger partial charge in [0, 0.05) is 12.6 Å². The summed E-state index contributed by atoms with van der Waals surface area (Å²) in [6.45, 7) is 4.64. The molecule has 0 aliphatic rings. The number of carbonyl (C=O) groups excluding carboxylic acids is 2. The number of hydrogen-bond donors (Lipinski definition) is 1. The van der Waals surface area contributed by atoms with E-state index in [1.165, 1.54) is 7.11 Å². The van der Waals surface area contributed by atoms with Gasteiger partial charge in [0.15, 0.2) is 0 Å². The molecule has 0 radical (unpaired) electrons. The Morgan fingerprint density at radius 1 is 1.40 bits per heavy atom. The molecule has 0 spiro atoms. The maximum Gasteiger partial charge on any atom is 0.306 e. The Bertz CT molecular complexity index is 217. The SMILES string of the molecule is COC(=O)CCN(C)CC(=O)NC(C)C. The molecule has 0 aromatic heterocycles. The standard InChI is InChI=1S/C10H20N2O3/c1-8(2)11-9(13)7-12(3)6-5-10(14)15-4/h8H,5-7H2,1-4H3,(H,11,13). The fourth-order valence-corrected chi connectivity index (χ4v) is 1.08. The van der Waals surface area contributed by atoms with E-state index in [0.29, 0.717) is 19.5 Å². The maximum atomic E-state index is 11.3. The first-order valence-electron chi connectivity index (χ1n) is 5.00. The van der Waals surface area contributed by atoms with Gasteiger partial charge in [-0.3, -0.25) is 14.5 Å². The Morgan fingerprint density at radius 2 is 2.00 bits per heavy atom. The highest BCUT2D eigenvalue weighted by molar-refractivity contribution is 5.78. The number of nitrogens with one attached hydrogen (secondary N) is 1. The van der Waals surface area contributed by atoms with Gasteiger partial charge in [-0.15, -0.1) is 0 Å². The highest BCUT2D eigenvalue weighted by Gasteiger charge is 2.09. The molecular weight excluding hydrogens is 196 g/mol. The van der Waals surface area contributed by atoms with Crippen molar-refractivity contribution in [3.05, 3.63) is 0 Å². The summed E-state index contributed by atoms with van der Waals surface area (Å²) in [6.07, 6.45) is 0.307. The van der Waals surface area contributed by atoms with Crippen LogP contribution in [0.3, 0.4) is 0 Å². The normalized spacial score (nSPS) is 10.5. The van der Waals surface area contributed by atoms with Crippen LogP contribution in [-0.2, 0) is 14.3 Å². The van der Waals surface area contributed by atoms with Crippen LogP contribution < -0.4 is 5.32 Å². The second-order valence-electron chi connectivity index (χ2n) is 3.79. The Hall–Kier alpha value is -1.10. The number of ether oxygens (including phenoxy) is 1. The number of methoxy groups -OCH3 is 1. The second-order valence-corrected chi connectivity index (χ2v) is 3.79. The summed E-state index contributed by atoms with van der Waals surface area (Å²) in [4.78, 5) is 23.9. The van der Waals surface area contributed by atoms with Crippen molar-refractivity contribution in [2.45, 2.75) is 26.3 Å². The van der Waals surface area contributed by atoms with Gasteiger partial charge in [-0.25, -0.2) is 0 Å². The van der Waals surface area contributed by atoms with Crippen molar-refractivity contribution in [3.8, 4) is 0 Å². The number of carbonyl (C=O) groups is 2. The van der Waals surface area contributed by atoms with Crippen molar-refractivity contribution >= 4 is 11.9 Å². The van der Waals surface area contributed by atoms with Crippen molar-refractivity contribution < 1.29 is 14.3 Å². The van der Waals surface area contributed by atoms with Gasteiger partial charge in [0.05, 0.1) is 20.1 Å². The molecule has 0 saturated heterocycles. The first-order valence-corrected chi connectivity index (χ1v) is 5.00. The van der Waals surface area contributed by atoms with E-state index in [0.717, 1.165) is 0 Å². The summed E-state index contributed by atoms with van der Waals surface area (Å²) in [7, 11) is 3.15. The smallest absolute Gasteiger partial charge is 0.306 e. The number of likely N-dealkylation sites (N-methyl/N-ethyl adjacent to an activating group) is 1. The molecule has 1 amide bonds. The highest BCUT2D eigenvalue weighted by Crippen LogP contribution is 1.90. The van der Waals surface area contributed by atoms with Crippen LogP contribution in [0.25, 0.3) is 0 Å². The van der Waals surface area contributed by atoms with E-state index in [1.807, 2.05) is 13.8 Å². The van der Waals surface area contributed by atoms with Crippen LogP contribution in [0.5, 0.6) is 0 Å². The molecule has 88 valence electrons. The molecule has 0 bridgehead atoms. The molecule has 0 aliphatic carbocycles. The Kier molecular flexibility index (Phi) is 6.70. The molecule has 5 nitrogen and oxygen atoms in total. The van der Waals surface area contributed by atoms with Crippen LogP contribution in [0.2, 0.25) is 0 Å². The van der Waals surface area contributed by atoms with Crippen LogP contribution in [0.4, 0.5) is 0 Å². The molecule has 0 fully saturated rings. The van der Waals surface area contributed by atoms with Crippen LogP contribution >= 0.6 is 0 Å². The fourth-order valence-electron chi connectivity index (χ4n) is 1.08. The van der Waals surface area contributed by atoms with Gasteiger partial charge in [-0.2, -0.15) is 0 Å². The Labute approximate surface area is 90.8 Å². The molecule has 0 atom stereocenters. The van der Waals surface area contributed by atoms with Crippen LogP contribution in [0.1, 0.15) is 20.3 Å². The number of nitrogens with zero attached hydrogens (tertiary/aromatic N) is 1. The van der Waals surface area contributed by atoms with Gasteiger partial charge < -0.3 is 10.1 Å². The summed E-state index contributed by atoms with van der Waals surface area (Å²) >= 11 is 0. The van der Waals surface area contributed by atoms with E-state index >= 15 is 0 Å². The van der Waals surface area contributed by atoms with Crippen molar-refractivity contribution in [2.75, 3.05) is 27.2 Å². The molecule has 0 heterocycles. The molecule has 0 aliphatic heterocycles. The van der Waals surface area contributed by atoms with Gasteiger partial charge in [-0.1, -0.05) is 0 Å². The van der Waals surface area contributed by atoms with Crippen LogP contribution in [0.15, 0.2) is 0 Å². The second kappa shape index (κ2) is 7.23. The number of esters is 1. The first kappa shape index (κ1) is 13.9. The van der Waals surface area contributed by atoms with E-state index in [1.54, 1.807) is 11.9 Å². The summed E-state index contributed by atoms with van der Waals surface area (Å²) in [6, 6.07) is 0.145. The predicted octanol–water partition coefficient (Wildman–Crippen LogP) is 0.00590. The van der Waals surface area contributed by atoms with Crippen LogP contribution in [-0.4, -0.2) is 50.1 Å².